The number of aliphatic hydroxyl groups excluding tert-OH is 1. The highest BCUT2D eigenvalue weighted by molar-refractivity contribution is 6.76. The highest BCUT2D eigenvalue weighted by atomic mass is 35.6. The molecule has 108 heavy (non-hydrogen) atoms. The molecule has 0 radical (unpaired) electrons. The van der Waals surface area contributed by atoms with E-state index in [4.69, 9.17) is 171 Å². The van der Waals surface area contributed by atoms with Gasteiger partial charge >= 0.3 is 35.8 Å². The van der Waals surface area contributed by atoms with Crippen LogP contribution in [0.2, 0.25) is 30.1 Å². The number of halogens is 9. The summed E-state index contributed by atoms with van der Waals surface area (Å²) in [5.74, 6) is -7.83. The van der Waals surface area contributed by atoms with Crippen LogP contribution >= 0.6 is 104 Å². The molecule has 4 heterocycles. The lowest BCUT2D eigenvalue weighted by molar-refractivity contribution is -0.383. The van der Waals surface area contributed by atoms with Gasteiger partial charge in [0.25, 0.3) is 9.70 Å². The average Bonchev–Trinajstić information content (AvgIpc) is 0.759. The number of nitrogens with one attached hydrogen (secondary N) is 1. The van der Waals surface area contributed by atoms with E-state index in [0.717, 1.165) is 0 Å². The molecule has 12 rings (SSSR count). The van der Waals surface area contributed by atoms with E-state index >= 15 is 9.59 Å². The van der Waals surface area contributed by atoms with Crippen molar-refractivity contribution in [2.75, 3.05) is 19.8 Å². The summed E-state index contributed by atoms with van der Waals surface area (Å²) in [5.41, 5.74) is 0.439. The Balaban J connectivity index is 1.04. The number of amides is 1. The third-order valence-corrected chi connectivity index (χ3v) is 19.3. The van der Waals surface area contributed by atoms with Crippen molar-refractivity contribution >= 4 is 146 Å². The van der Waals surface area contributed by atoms with Crippen LogP contribution in [0.5, 0.6) is 0 Å². The van der Waals surface area contributed by atoms with Crippen LogP contribution in [0.1, 0.15) is 79.6 Å². The summed E-state index contributed by atoms with van der Waals surface area (Å²) in [4.78, 5) is 103. The molecule has 564 valence electrons. The Hall–Kier alpha value is -7.70. The van der Waals surface area contributed by atoms with Gasteiger partial charge in [-0.2, -0.15) is 0 Å². The predicted molar refractivity (Wildman–Crippen MR) is 391 cm³/mol. The molecule has 16 atom stereocenters. The van der Waals surface area contributed by atoms with Crippen molar-refractivity contribution in [3.05, 3.63) is 281 Å². The Morgan fingerprint density at radius 3 is 1.25 bits per heavy atom. The minimum atomic E-state index is -2.76. The Morgan fingerprint density at radius 1 is 0.407 bits per heavy atom. The van der Waals surface area contributed by atoms with Gasteiger partial charge in [-0.3, -0.25) is 4.79 Å². The van der Waals surface area contributed by atoms with E-state index in [-0.39, 0.29) is 71.7 Å². The number of alkyl halides is 3. The standard InChI is InChI=1S/C76H60Cl9NO22/c77-47-23-11-41(12-24-47)65(88)95-36-54-59(102-67(90)40-9-5-2-6-10-40)62(108-72-56(86-75(94)76(83,84)85)57(87)58-53(99-72)38-98-71(106-58)46-21-33-52(82)34-22-46)64(105-70(93)45-19-31-51(81)32-20-45)74(101-54)107-60-55(37-96-66(89)42-13-25-48(78)26-14-42)100-73(97-35-39-7-3-1-4-8-39)63(104-69(92)44-17-29-50(80)30-18-44)61(60)103-68(91)43-15-27-49(79)28-16-43/h1-34,53-64,71-74,87H,35-38H2,(H,86,94)/t53-,54-,55-,56-,57-,58-,59+,60-,61+,62+,63-,64-,71-,72+,73-,74+/m1/s1. The normalized spacial score (nSPS) is 25.4. The molecule has 8 aromatic rings. The molecule has 4 saturated heterocycles. The number of benzene rings is 8. The Morgan fingerprint density at radius 2 is 0.787 bits per heavy atom. The van der Waals surface area contributed by atoms with Gasteiger partial charge < -0.3 is 76.7 Å². The summed E-state index contributed by atoms with van der Waals surface area (Å²) in [6, 6.07) is 48.0. The summed E-state index contributed by atoms with van der Waals surface area (Å²) >= 11 is 56.5. The molecule has 4 aliphatic rings. The molecule has 32 heteroatoms. The molecule has 4 fully saturated rings. The smallest absolute Gasteiger partial charge is 0.338 e. The van der Waals surface area contributed by atoms with Gasteiger partial charge in [0.05, 0.1) is 46.6 Å². The summed E-state index contributed by atoms with van der Waals surface area (Å²) in [5, 5.41) is 16.8. The van der Waals surface area contributed by atoms with E-state index in [0.29, 0.717) is 16.1 Å². The van der Waals surface area contributed by atoms with Crippen molar-refractivity contribution in [2.45, 2.75) is 109 Å². The third-order valence-electron chi connectivity index (χ3n) is 17.2. The zero-order valence-electron chi connectivity index (χ0n) is 55.6. The van der Waals surface area contributed by atoms with Gasteiger partial charge in [0.2, 0.25) is 0 Å². The molecule has 0 saturated carbocycles. The van der Waals surface area contributed by atoms with E-state index in [2.05, 4.69) is 5.32 Å². The molecule has 0 bridgehead atoms. The van der Waals surface area contributed by atoms with Gasteiger partial charge in [-0.25, -0.2) is 28.8 Å². The van der Waals surface area contributed by atoms with Crippen molar-refractivity contribution in [2.24, 2.45) is 0 Å². The summed E-state index contributed by atoms with van der Waals surface area (Å²) in [6.07, 6.45) is -28.5. The number of aliphatic hydroxyl groups is 1. The number of ether oxygens (including phenoxy) is 14. The fourth-order valence-corrected chi connectivity index (χ4v) is 12.7. The second-order valence-electron chi connectivity index (χ2n) is 24.5. The number of carbonyl (C=O) groups excluding carboxylic acids is 7. The van der Waals surface area contributed by atoms with E-state index in [1.54, 1.807) is 60.7 Å². The molecule has 0 aliphatic carbocycles. The van der Waals surface area contributed by atoms with Gasteiger partial charge in [0.1, 0.15) is 62.0 Å². The number of hydrogen-bond donors (Lipinski definition) is 2. The fourth-order valence-electron chi connectivity index (χ4n) is 11.8. The number of fused-ring (bicyclic) bond motifs is 1. The molecular weight excluding hydrogens is 1600 g/mol. The van der Waals surface area contributed by atoms with Crippen molar-refractivity contribution in [1.82, 2.24) is 5.32 Å². The van der Waals surface area contributed by atoms with E-state index in [9.17, 15) is 29.1 Å². The monoisotopic (exact) mass is 1650 g/mol. The van der Waals surface area contributed by atoms with Crippen LogP contribution in [-0.2, 0) is 77.7 Å². The van der Waals surface area contributed by atoms with E-state index in [1.807, 2.05) is 0 Å². The van der Waals surface area contributed by atoms with Gasteiger partial charge in [-0.15, -0.1) is 0 Å². The Labute approximate surface area is 661 Å². The van der Waals surface area contributed by atoms with Gasteiger partial charge in [0.15, 0.2) is 49.6 Å². The van der Waals surface area contributed by atoms with E-state index < -0.39 is 157 Å². The zero-order chi connectivity index (χ0) is 76.3. The molecule has 1 amide bonds. The number of carbonyl (C=O) groups is 7. The van der Waals surface area contributed by atoms with Crippen LogP contribution in [0, 0.1) is 0 Å². The quantitative estimate of drug-likeness (QED) is 0.0342. The largest absolute Gasteiger partial charge is 0.459 e. The van der Waals surface area contributed by atoms with Crippen LogP contribution in [0.15, 0.2) is 206 Å². The van der Waals surface area contributed by atoms with Crippen molar-refractivity contribution < 1.29 is 105 Å². The lowest BCUT2D eigenvalue weighted by atomic mass is 9.94. The maximum atomic E-state index is 15.3. The van der Waals surface area contributed by atoms with Gasteiger partial charge in [-0.1, -0.05) is 165 Å². The first-order valence-electron chi connectivity index (χ1n) is 32.9. The molecule has 0 spiro atoms. The highest BCUT2D eigenvalue weighted by Gasteiger charge is 2.60. The Bertz CT molecular complexity index is 4440. The van der Waals surface area contributed by atoms with Crippen LogP contribution < -0.4 is 5.32 Å². The summed E-state index contributed by atoms with van der Waals surface area (Å²) < 4.78 is 89.0. The van der Waals surface area contributed by atoms with Crippen molar-refractivity contribution in [3.63, 3.8) is 0 Å². The second kappa shape index (κ2) is 36.4. The topological polar surface area (TPSA) is 281 Å². The van der Waals surface area contributed by atoms with Gasteiger partial charge in [-0.05, 0) is 151 Å². The van der Waals surface area contributed by atoms with Crippen LogP contribution in [0.4, 0.5) is 0 Å². The summed E-state index contributed by atoms with van der Waals surface area (Å²) in [7, 11) is 0. The first kappa shape index (κ1) is 79.8. The van der Waals surface area contributed by atoms with Gasteiger partial charge in [0, 0.05) is 35.7 Å². The minimum Gasteiger partial charge on any atom is -0.459 e. The van der Waals surface area contributed by atoms with Crippen molar-refractivity contribution in [1.29, 1.82) is 0 Å². The lowest BCUT2D eigenvalue weighted by Crippen LogP contribution is -2.71. The second-order valence-corrected chi connectivity index (χ2v) is 29.4. The SMILES string of the molecule is O=C(OC[C@H]1O[C@@H](O[C@H]2[C@H](OC(=O)c3ccc(Cl)cc3)[C@@H](OC(=O)c3ccc(Cl)cc3)[C@H](OCc3ccccc3)O[C@@H]2COC(=O)c2ccc(Cl)cc2)[C@H](OC(=O)c2ccc(Cl)cc2)[C@@H](O[C@@H]2O[C@@H]3CO[C@@H](c4ccc(Cl)cc4)O[C@H]3[C@H](O)[C@H]2NC(=O)C(Cl)(Cl)Cl)[C@H]1OC(=O)c1ccccc1)c1ccc(Cl)cc1. The van der Waals surface area contributed by atoms with Crippen LogP contribution in [-0.4, -0.2) is 162 Å². The number of rotatable bonds is 23. The van der Waals surface area contributed by atoms with Crippen LogP contribution in [0.3, 0.4) is 0 Å². The number of esters is 6. The maximum Gasteiger partial charge on any atom is 0.338 e. The lowest BCUT2D eigenvalue weighted by Gasteiger charge is -2.51. The van der Waals surface area contributed by atoms with Crippen LogP contribution in [0.25, 0.3) is 0 Å². The fraction of sp³-hybridized carbons (Fsp3) is 0.276. The first-order chi connectivity index (χ1) is 51.9. The third kappa shape index (κ3) is 20.3. The maximum absolute atomic E-state index is 15.3. The molecule has 0 unspecified atom stereocenters. The molecule has 8 aromatic carbocycles. The molecule has 23 nitrogen and oxygen atoms in total. The molecule has 4 aliphatic heterocycles. The molecular formula is C76H60Cl9NO22. The van der Waals surface area contributed by atoms with Crippen molar-refractivity contribution in [3.8, 4) is 0 Å². The molecule has 2 N–H and O–H groups in total. The highest BCUT2D eigenvalue weighted by Crippen LogP contribution is 2.42. The average molecular weight is 1660 g/mol. The minimum absolute atomic E-state index is 0.0145. The first-order valence-corrected chi connectivity index (χ1v) is 36.3. The Kier molecular flexibility index (Phi) is 26.9. The summed E-state index contributed by atoms with van der Waals surface area (Å²) in [6.45, 7) is -2.46. The zero-order valence-corrected chi connectivity index (χ0v) is 62.4. The number of hydrogen-bond acceptors (Lipinski definition) is 22. The predicted octanol–water partition coefficient (Wildman–Crippen LogP) is 14.0. The molecule has 0 aromatic heterocycles. The van der Waals surface area contributed by atoms with E-state index in [1.165, 1.54) is 146 Å².